The summed E-state index contributed by atoms with van der Waals surface area (Å²) in [6, 6.07) is 4.88. The minimum atomic E-state index is -0.207. The third-order valence-electron chi connectivity index (χ3n) is 3.40. The Morgan fingerprint density at radius 3 is 2.42 bits per heavy atom. The van der Waals surface area contributed by atoms with Crippen LogP contribution in [0.15, 0.2) is 23.0 Å². The average molecular weight is 299 g/mol. The number of halogens is 2. The fourth-order valence-corrected chi connectivity index (χ4v) is 2.98. The van der Waals surface area contributed by atoms with Crippen molar-refractivity contribution < 1.29 is 5.11 Å². The first kappa shape index (κ1) is 12.6. The lowest BCUT2D eigenvalue weighted by Gasteiger charge is -2.16. The van der Waals surface area contributed by atoms with Gasteiger partial charge in [-0.25, -0.2) is 4.68 Å². The number of hydrogen-bond donors (Lipinski definition) is 1. The molecule has 3 rings (SSSR count). The van der Waals surface area contributed by atoms with Crippen molar-refractivity contribution in [1.82, 2.24) is 9.36 Å². The molecule has 1 aliphatic rings. The second kappa shape index (κ2) is 4.62. The average Bonchev–Trinajstić information content (AvgIpc) is 2.64. The van der Waals surface area contributed by atoms with Crippen molar-refractivity contribution in [2.24, 2.45) is 0 Å². The van der Waals surface area contributed by atoms with Crippen LogP contribution >= 0.6 is 23.2 Å². The molecule has 2 aromatic rings. The fourth-order valence-electron chi connectivity index (χ4n) is 2.48. The van der Waals surface area contributed by atoms with Gasteiger partial charge in [0.05, 0.1) is 5.02 Å². The molecule has 0 amide bonds. The molecule has 2 heterocycles. The Labute approximate surface area is 119 Å². The molecule has 0 atom stereocenters. The summed E-state index contributed by atoms with van der Waals surface area (Å²) in [6.45, 7) is 1.27. The van der Waals surface area contributed by atoms with Gasteiger partial charge in [0.1, 0.15) is 5.56 Å². The number of hydrogen-bond acceptors (Lipinski definition) is 2. The van der Waals surface area contributed by atoms with Crippen LogP contribution in [-0.4, -0.2) is 14.5 Å². The molecular weight excluding hydrogens is 287 g/mol. The topological polar surface area (TPSA) is 47.2 Å². The van der Waals surface area contributed by atoms with Gasteiger partial charge in [-0.3, -0.25) is 9.48 Å². The van der Waals surface area contributed by atoms with Gasteiger partial charge in [-0.1, -0.05) is 29.3 Å². The number of benzene rings is 1. The molecule has 0 saturated carbocycles. The largest absolute Gasteiger partial charge is 0.493 e. The molecule has 0 aliphatic carbocycles. The molecule has 4 nitrogen and oxygen atoms in total. The first-order chi connectivity index (χ1) is 9.09. The molecule has 0 fully saturated rings. The van der Waals surface area contributed by atoms with Crippen molar-refractivity contribution in [3.05, 3.63) is 38.6 Å². The lowest BCUT2D eigenvalue weighted by molar-refractivity contribution is 0.305. The highest BCUT2D eigenvalue weighted by molar-refractivity contribution is 6.36. The molecule has 19 heavy (non-hydrogen) atoms. The van der Waals surface area contributed by atoms with Crippen LogP contribution in [0.5, 0.6) is 5.88 Å². The predicted molar refractivity (Wildman–Crippen MR) is 75.0 cm³/mol. The van der Waals surface area contributed by atoms with Crippen molar-refractivity contribution in [2.45, 2.75) is 25.9 Å². The monoisotopic (exact) mass is 298 g/mol. The summed E-state index contributed by atoms with van der Waals surface area (Å²) in [4.78, 5) is 12.4. The Morgan fingerprint density at radius 1 is 1.11 bits per heavy atom. The van der Waals surface area contributed by atoms with Crippen LogP contribution in [0.25, 0.3) is 11.1 Å². The van der Waals surface area contributed by atoms with Crippen LogP contribution in [0.1, 0.15) is 12.8 Å². The Morgan fingerprint density at radius 2 is 1.79 bits per heavy atom. The van der Waals surface area contributed by atoms with E-state index >= 15 is 0 Å². The standard InChI is InChI=1S/C13H12Cl2N2O2/c14-8-3-4-9(10(15)7-8)11-12(18)16-5-1-2-6-17(16)13(11)19/h3-4,7,18H,1-2,5-6H2. The third-order valence-corrected chi connectivity index (χ3v) is 3.95. The predicted octanol–water partition coefficient (Wildman–Crippen LogP) is 3.12. The second-order valence-electron chi connectivity index (χ2n) is 4.58. The van der Waals surface area contributed by atoms with E-state index in [-0.39, 0.29) is 17.0 Å². The minimum absolute atomic E-state index is 0.0195. The van der Waals surface area contributed by atoms with Crippen LogP contribution < -0.4 is 5.56 Å². The van der Waals surface area contributed by atoms with Crippen LogP contribution in [0.4, 0.5) is 0 Å². The smallest absolute Gasteiger partial charge is 0.278 e. The molecule has 0 bridgehead atoms. The number of nitrogens with zero attached hydrogens (tertiary/aromatic N) is 2. The first-order valence-electron chi connectivity index (χ1n) is 6.07. The molecule has 0 radical (unpaired) electrons. The maximum absolute atomic E-state index is 12.4. The summed E-state index contributed by atoms with van der Waals surface area (Å²) in [7, 11) is 0. The van der Waals surface area contributed by atoms with Gasteiger partial charge in [-0.05, 0) is 25.0 Å². The third kappa shape index (κ3) is 1.95. The zero-order valence-electron chi connectivity index (χ0n) is 10.1. The normalized spacial score (nSPS) is 14.4. The fraction of sp³-hybridized carbons (Fsp3) is 0.308. The highest BCUT2D eigenvalue weighted by atomic mass is 35.5. The van der Waals surface area contributed by atoms with E-state index in [2.05, 4.69) is 0 Å². The number of rotatable bonds is 1. The van der Waals surface area contributed by atoms with E-state index in [9.17, 15) is 9.90 Å². The van der Waals surface area contributed by atoms with E-state index in [1.54, 1.807) is 27.6 Å². The number of aromatic hydroxyl groups is 1. The summed E-state index contributed by atoms with van der Waals surface area (Å²) >= 11 is 12.0. The molecule has 6 heteroatoms. The molecule has 1 aliphatic heterocycles. The van der Waals surface area contributed by atoms with Gasteiger partial charge in [0.15, 0.2) is 0 Å². The molecule has 1 aromatic carbocycles. The van der Waals surface area contributed by atoms with Gasteiger partial charge < -0.3 is 5.11 Å². The van der Waals surface area contributed by atoms with Gasteiger partial charge in [0.2, 0.25) is 5.88 Å². The number of fused-ring (bicyclic) bond motifs is 1. The minimum Gasteiger partial charge on any atom is -0.493 e. The van der Waals surface area contributed by atoms with Crippen molar-refractivity contribution in [2.75, 3.05) is 0 Å². The molecular formula is C13H12Cl2N2O2. The van der Waals surface area contributed by atoms with Crippen LogP contribution in [0, 0.1) is 0 Å². The quantitative estimate of drug-likeness (QED) is 0.879. The van der Waals surface area contributed by atoms with Crippen molar-refractivity contribution >= 4 is 23.2 Å². The maximum atomic E-state index is 12.4. The van der Waals surface area contributed by atoms with Crippen LogP contribution in [0.2, 0.25) is 10.0 Å². The Hall–Kier alpha value is -1.39. The first-order valence-corrected chi connectivity index (χ1v) is 6.83. The zero-order valence-corrected chi connectivity index (χ0v) is 11.6. The van der Waals surface area contributed by atoms with Gasteiger partial charge in [0.25, 0.3) is 5.56 Å². The summed E-state index contributed by atoms with van der Waals surface area (Å²) in [6.07, 6.45) is 1.90. The molecule has 0 unspecified atom stereocenters. The molecule has 100 valence electrons. The van der Waals surface area contributed by atoms with Crippen molar-refractivity contribution in [3.8, 4) is 17.0 Å². The van der Waals surface area contributed by atoms with Crippen LogP contribution in [0.3, 0.4) is 0 Å². The molecule has 0 saturated heterocycles. The van der Waals surface area contributed by atoms with E-state index in [0.29, 0.717) is 28.7 Å². The highest BCUT2D eigenvalue weighted by Crippen LogP contribution is 2.34. The molecule has 1 aromatic heterocycles. The van der Waals surface area contributed by atoms with E-state index in [1.165, 1.54) is 0 Å². The van der Waals surface area contributed by atoms with Crippen molar-refractivity contribution in [1.29, 1.82) is 0 Å². The van der Waals surface area contributed by atoms with E-state index in [0.717, 1.165) is 12.8 Å². The Kier molecular flexibility index (Phi) is 3.07. The lowest BCUT2D eigenvalue weighted by Crippen LogP contribution is -2.27. The van der Waals surface area contributed by atoms with Crippen LogP contribution in [-0.2, 0) is 13.1 Å². The second-order valence-corrected chi connectivity index (χ2v) is 5.42. The lowest BCUT2D eigenvalue weighted by atomic mass is 10.1. The summed E-state index contributed by atoms with van der Waals surface area (Å²) in [5.41, 5.74) is 0.563. The van der Waals surface area contributed by atoms with Gasteiger partial charge >= 0.3 is 0 Å². The van der Waals surface area contributed by atoms with Crippen molar-refractivity contribution in [3.63, 3.8) is 0 Å². The SMILES string of the molecule is O=c1c(-c2ccc(Cl)cc2Cl)c(O)n2n1CCCC2. The van der Waals surface area contributed by atoms with Gasteiger partial charge in [-0.15, -0.1) is 0 Å². The van der Waals surface area contributed by atoms with Gasteiger partial charge in [-0.2, -0.15) is 0 Å². The summed E-state index contributed by atoms with van der Waals surface area (Å²) in [5, 5.41) is 11.1. The highest BCUT2D eigenvalue weighted by Gasteiger charge is 2.24. The molecule has 0 spiro atoms. The number of aromatic nitrogens is 2. The maximum Gasteiger partial charge on any atom is 0.278 e. The van der Waals surface area contributed by atoms with E-state index < -0.39 is 0 Å². The Bertz CT molecular complexity index is 703. The molecule has 1 N–H and O–H groups in total. The Balaban J connectivity index is 2.26. The van der Waals surface area contributed by atoms with E-state index in [1.807, 2.05) is 0 Å². The summed E-state index contributed by atoms with van der Waals surface area (Å²) in [5.74, 6) is -0.0195. The van der Waals surface area contributed by atoms with Gasteiger partial charge in [0, 0.05) is 23.7 Å². The van der Waals surface area contributed by atoms with E-state index in [4.69, 9.17) is 23.2 Å². The summed E-state index contributed by atoms with van der Waals surface area (Å²) < 4.78 is 3.19. The zero-order chi connectivity index (χ0) is 13.6.